The van der Waals surface area contributed by atoms with Crippen molar-refractivity contribution in [3.05, 3.63) is 47.4 Å². The third-order valence-electron chi connectivity index (χ3n) is 2.45. The normalized spacial score (nSPS) is 10.7. The molecule has 0 aliphatic carbocycles. The molecule has 1 heterocycles. The topological polar surface area (TPSA) is 33.4 Å². The van der Waals surface area contributed by atoms with Crippen LogP contribution in [0.5, 0.6) is 0 Å². The van der Waals surface area contributed by atoms with Gasteiger partial charge in [0.2, 0.25) is 0 Å². The van der Waals surface area contributed by atoms with E-state index in [-0.39, 0.29) is 6.61 Å². The van der Waals surface area contributed by atoms with Crippen LogP contribution in [0.2, 0.25) is 0 Å². The molecule has 0 aliphatic heterocycles. The fourth-order valence-corrected chi connectivity index (χ4v) is 2.43. The third kappa shape index (κ3) is 2.31. The molecule has 1 N–H and O–H groups in total. The van der Waals surface area contributed by atoms with Crippen molar-refractivity contribution >= 4 is 11.8 Å². The lowest BCUT2D eigenvalue weighted by molar-refractivity contribution is 0.281. The van der Waals surface area contributed by atoms with Gasteiger partial charge in [-0.05, 0) is 37.1 Å². The van der Waals surface area contributed by atoms with Crippen LogP contribution in [0.4, 0.5) is 0 Å². The number of aliphatic hydroxyl groups excluding tert-OH is 1. The summed E-state index contributed by atoms with van der Waals surface area (Å²) < 4.78 is 5.26. The summed E-state index contributed by atoms with van der Waals surface area (Å²) in [5.41, 5.74) is 2.13. The summed E-state index contributed by atoms with van der Waals surface area (Å²) in [5.74, 6) is 0.940. The minimum atomic E-state index is 0.0938. The summed E-state index contributed by atoms with van der Waals surface area (Å²) in [6.07, 6.45) is 1.70. The molecule has 2 aromatic rings. The van der Waals surface area contributed by atoms with E-state index >= 15 is 0 Å². The summed E-state index contributed by atoms with van der Waals surface area (Å²) in [5, 5.41) is 9.03. The maximum absolute atomic E-state index is 9.03. The molecule has 1 aromatic heterocycles. The summed E-state index contributed by atoms with van der Waals surface area (Å²) >= 11 is 1.69. The van der Waals surface area contributed by atoms with Crippen LogP contribution in [0.3, 0.4) is 0 Å². The highest BCUT2D eigenvalue weighted by Crippen LogP contribution is 2.33. The van der Waals surface area contributed by atoms with Crippen LogP contribution in [-0.4, -0.2) is 5.11 Å². The fourth-order valence-electron chi connectivity index (χ4n) is 1.52. The van der Waals surface area contributed by atoms with Gasteiger partial charge in [-0.2, -0.15) is 0 Å². The monoisotopic (exact) mass is 234 g/mol. The molecule has 0 radical (unpaired) electrons. The predicted molar refractivity (Wildman–Crippen MR) is 64.7 cm³/mol. The molecule has 0 saturated heterocycles. The number of benzene rings is 1. The molecule has 0 fully saturated rings. The Balaban J connectivity index is 2.25. The van der Waals surface area contributed by atoms with Crippen LogP contribution in [0.25, 0.3) is 0 Å². The lowest BCUT2D eigenvalue weighted by Crippen LogP contribution is -1.86. The molecule has 0 saturated carbocycles. The zero-order valence-electron chi connectivity index (χ0n) is 9.36. The summed E-state index contributed by atoms with van der Waals surface area (Å²) in [7, 11) is 0. The van der Waals surface area contributed by atoms with Crippen molar-refractivity contribution in [1.29, 1.82) is 0 Å². The molecule has 0 aliphatic rings. The maximum Gasteiger partial charge on any atom is 0.114 e. The second-order valence-corrected chi connectivity index (χ2v) is 4.78. The average molecular weight is 234 g/mol. The largest absolute Gasteiger partial charge is 0.468 e. The van der Waals surface area contributed by atoms with Gasteiger partial charge in [-0.1, -0.05) is 23.9 Å². The molecule has 2 rings (SSSR count). The van der Waals surface area contributed by atoms with E-state index in [4.69, 9.17) is 9.52 Å². The number of hydrogen-bond acceptors (Lipinski definition) is 3. The highest BCUT2D eigenvalue weighted by atomic mass is 32.2. The molecule has 0 spiro atoms. The first-order chi connectivity index (χ1) is 7.70. The van der Waals surface area contributed by atoms with E-state index in [1.807, 2.05) is 31.2 Å². The van der Waals surface area contributed by atoms with Crippen LogP contribution in [0.1, 0.15) is 16.9 Å². The second-order valence-electron chi connectivity index (χ2n) is 3.70. The van der Waals surface area contributed by atoms with Crippen LogP contribution in [0.15, 0.2) is 44.7 Å². The number of hydrogen-bond donors (Lipinski definition) is 1. The van der Waals surface area contributed by atoms with Crippen molar-refractivity contribution < 1.29 is 9.52 Å². The van der Waals surface area contributed by atoms with Crippen molar-refractivity contribution in [2.24, 2.45) is 0 Å². The number of rotatable bonds is 3. The average Bonchev–Trinajstić information content (AvgIpc) is 2.67. The Morgan fingerprint density at radius 3 is 2.56 bits per heavy atom. The van der Waals surface area contributed by atoms with Gasteiger partial charge in [0.25, 0.3) is 0 Å². The first-order valence-electron chi connectivity index (χ1n) is 5.13. The van der Waals surface area contributed by atoms with E-state index in [2.05, 4.69) is 6.92 Å². The molecule has 0 bridgehead atoms. The Morgan fingerprint density at radius 2 is 2.00 bits per heavy atom. The van der Waals surface area contributed by atoms with Crippen molar-refractivity contribution in [3.8, 4) is 0 Å². The van der Waals surface area contributed by atoms with Gasteiger partial charge < -0.3 is 9.52 Å². The standard InChI is InChI=1S/C13H14O2S/c1-9-7-11(8-14)3-4-12(9)16-13-5-6-15-10(13)2/h3-7,14H,8H2,1-2H3. The lowest BCUT2D eigenvalue weighted by atomic mass is 10.1. The highest BCUT2D eigenvalue weighted by Gasteiger charge is 2.06. The van der Waals surface area contributed by atoms with Crippen molar-refractivity contribution in [2.75, 3.05) is 0 Å². The number of aryl methyl sites for hydroxylation is 2. The van der Waals surface area contributed by atoms with Crippen molar-refractivity contribution in [3.63, 3.8) is 0 Å². The van der Waals surface area contributed by atoms with Gasteiger partial charge in [-0.15, -0.1) is 0 Å². The molecule has 0 unspecified atom stereocenters. The van der Waals surface area contributed by atoms with Crippen LogP contribution in [0, 0.1) is 13.8 Å². The highest BCUT2D eigenvalue weighted by molar-refractivity contribution is 7.99. The molecule has 0 amide bonds. The van der Waals surface area contributed by atoms with Gasteiger partial charge in [0.1, 0.15) is 5.76 Å². The molecule has 84 valence electrons. The van der Waals surface area contributed by atoms with E-state index in [1.165, 1.54) is 10.5 Å². The lowest BCUT2D eigenvalue weighted by Gasteiger charge is -2.06. The molecule has 2 nitrogen and oxygen atoms in total. The van der Waals surface area contributed by atoms with Gasteiger partial charge >= 0.3 is 0 Å². The summed E-state index contributed by atoms with van der Waals surface area (Å²) in [4.78, 5) is 2.33. The van der Waals surface area contributed by atoms with E-state index in [0.717, 1.165) is 16.2 Å². The SMILES string of the molecule is Cc1cc(CO)ccc1Sc1ccoc1C. The minimum absolute atomic E-state index is 0.0938. The molecule has 16 heavy (non-hydrogen) atoms. The molecular weight excluding hydrogens is 220 g/mol. The van der Waals surface area contributed by atoms with Crippen molar-refractivity contribution in [1.82, 2.24) is 0 Å². The predicted octanol–water partition coefficient (Wildman–Crippen LogP) is 3.54. The maximum atomic E-state index is 9.03. The molecular formula is C13H14O2S. The smallest absolute Gasteiger partial charge is 0.114 e. The van der Waals surface area contributed by atoms with E-state index < -0.39 is 0 Å². The molecule has 1 aromatic carbocycles. The Hall–Kier alpha value is -1.19. The van der Waals surface area contributed by atoms with Gasteiger partial charge in [-0.3, -0.25) is 0 Å². The van der Waals surface area contributed by atoms with Crippen molar-refractivity contribution in [2.45, 2.75) is 30.2 Å². The first-order valence-corrected chi connectivity index (χ1v) is 5.94. The number of aliphatic hydroxyl groups is 1. The zero-order chi connectivity index (χ0) is 11.5. The third-order valence-corrected chi connectivity index (χ3v) is 3.77. The van der Waals surface area contributed by atoms with Crippen LogP contribution >= 0.6 is 11.8 Å². The number of furan rings is 1. The van der Waals surface area contributed by atoms with E-state index in [9.17, 15) is 0 Å². The van der Waals surface area contributed by atoms with Gasteiger partial charge in [-0.25, -0.2) is 0 Å². The fraction of sp³-hybridized carbons (Fsp3) is 0.231. The van der Waals surface area contributed by atoms with Crippen LogP contribution < -0.4 is 0 Å². The summed E-state index contributed by atoms with van der Waals surface area (Å²) in [6, 6.07) is 7.97. The van der Waals surface area contributed by atoms with Gasteiger partial charge in [0.05, 0.1) is 17.8 Å². The molecule has 0 atom stereocenters. The summed E-state index contributed by atoms with van der Waals surface area (Å²) in [6.45, 7) is 4.10. The zero-order valence-corrected chi connectivity index (χ0v) is 10.2. The van der Waals surface area contributed by atoms with Crippen LogP contribution in [-0.2, 0) is 6.61 Å². The Bertz CT molecular complexity index is 488. The molecule has 3 heteroatoms. The first kappa shape index (κ1) is 11.3. The quantitative estimate of drug-likeness (QED) is 0.881. The second kappa shape index (κ2) is 4.76. The van der Waals surface area contributed by atoms with E-state index in [1.54, 1.807) is 18.0 Å². The Morgan fingerprint density at radius 1 is 1.19 bits per heavy atom. The Kier molecular flexibility index (Phi) is 3.36. The minimum Gasteiger partial charge on any atom is -0.468 e. The van der Waals surface area contributed by atoms with E-state index in [0.29, 0.717) is 0 Å². The Labute approximate surface area is 99.3 Å². The van der Waals surface area contributed by atoms with Gasteiger partial charge in [0.15, 0.2) is 0 Å². The van der Waals surface area contributed by atoms with Gasteiger partial charge in [0, 0.05) is 4.90 Å².